The van der Waals surface area contributed by atoms with E-state index in [1.165, 1.54) is 29.7 Å². The summed E-state index contributed by atoms with van der Waals surface area (Å²) < 4.78 is 12.9. The Balaban J connectivity index is 2.14. The van der Waals surface area contributed by atoms with E-state index in [-0.39, 0.29) is 11.7 Å². The number of carbonyl (C=O) groups is 1. The number of rotatable bonds is 3. The second-order valence-corrected chi connectivity index (χ2v) is 4.59. The van der Waals surface area contributed by atoms with Gasteiger partial charge in [0.25, 0.3) is 5.91 Å². The van der Waals surface area contributed by atoms with Crippen molar-refractivity contribution in [1.82, 2.24) is 10.3 Å². The van der Waals surface area contributed by atoms with Gasteiger partial charge in [0.05, 0.1) is 6.20 Å². The maximum absolute atomic E-state index is 12.9. The van der Waals surface area contributed by atoms with Gasteiger partial charge in [0.2, 0.25) is 0 Å². The Kier molecular flexibility index (Phi) is 3.84. The fraction of sp³-hybridized carbons (Fsp3) is 0.0769. The van der Waals surface area contributed by atoms with Crippen LogP contribution in [0.15, 0.2) is 30.5 Å². The summed E-state index contributed by atoms with van der Waals surface area (Å²) in [6.45, 7) is 0. The van der Waals surface area contributed by atoms with Crippen LogP contribution in [0.25, 0.3) is 12.2 Å². The topological polar surface area (TPSA) is 42.0 Å². The summed E-state index contributed by atoms with van der Waals surface area (Å²) in [5, 5.41) is 3.24. The van der Waals surface area contributed by atoms with Gasteiger partial charge in [0.15, 0.2) is 0 Å². The number of carbonyl (C=O) groups excluding carboxylic acids is 1. The summed E-state index contributed by atoms with van der Waals surface area (Å²) in [6, 6.07) is 6.27. The van der Waals surface area contributed by atoms with Crippen LogP contribution in [0.1, 0.15) is 20.2 Å². The number of halogens is 1. The molecule has 0 aliphatic heterocycles. The van der Waals surface area contributed by atoms with E-state index in [9.17, 15) is 9.18 Å². The van der Waals surface area contributed by atoms with E-state index in [0.717, 1.165) is 5.56 Å². The average molecular weight is 262 g/mol. The molecule has 5 heteroatoms. The number of nitrogens with one attached hydrogen (secondary N) is 1. The standard InChI is InChI=1S/C13H11FN2OS/c1-15-13(17)11-8-16-12(18-11)6-5-9-3-2-4-10(14)7-9/h2-8H,1H3,(H,15,17)/b6-5+. The van der Waals surface area contributed by atoms with Crippen LogP contribution >= 0.6 is 11.3 Å². The van der Waals surface area contributed by atoms with Crippen LogP contribution in [-0.4, -0.2) is 17.9 Å². The van der Waals surface area contributed by atoms with Gasteiger partial charge < -0.3 is 5.32 Å². The fourth-order valence-electron chi connectivity index (χ4n) is 1.37. The van der Waals surface area contributed by atoms with Crippen molar-refractivity contribution >= 4 is 29.4 Å². The van der Waals surface area contributed by atoms with Crippen molar-refractivity contribution in [2.45, 2.75) is 0 Å². The van der Waals surface area contributed by atoms with E-state index < -0.39 is 0 Å². The summed E-state index contributed by atoms with van der Waals surface area (Å²) in [5.74, 6) is -0.430. The van der Waals surface area contributed by atoms with Crippen LogP contribution in [0.5, 0.6) is 0 Å². The molecule has 2 rings (SSSR count). The van der Waals surface area contributed by atoms with Crippen LogP contribution in [0.4, 0.5) is 4.39 Å². The van der Waals surface area contributed by atoms with Gasteiger partial charge in [-0.2, -0.15) is 0 Å². The van der Waals surface area contributed by atoms with Crippen molar-refractivity contribution < 1.29 is 9.18 Å². The zero-order valence-corrected chi connectivity index (χ0v) is 10.5. The summed E-state index contributed by atoms with van der Waals surface area (Å²) in [4.78, 5) is 16.0. The highest BCUT2D eigenvalue weighted by Crippen LogP contribution is 2.16. The summed E-state index contributed by atoms with van der Waals surface area (Å²) in [5.41, 5.74) is 0.756. The molecule has 0 saturated carbocycles. The van der Waals surface area contributed by atoms with Crippen molar-refractivity contribution in [3.05, 3.63) is 51.7 Å². The number of nitrogens with zero attached hydrogens (tertiary/aromatic N) is 1. The van der Waals surface area contributed by atoms with Gasteiger partial charge in [0.1, 0.15) is 15.7 Å². The van der Waals surface area contributed by atoms with E-state index >= 15 is 0 Å². The van der Waals surface area contributed by atoms with Crippen molar-refractivity contribution in [2.24, 2.45) is 0 Å². The predicted molar refractivity (Wildman–Crippen MR) is 70.8 cm³/mol. The van der Waals surface area contributed by atoms with Crippen molar-refractivity contribution in [3.63, 3.8) is 0 Å². The zero-order valence-electron chi connectivity index (χ0n) is 9.68. The monoisotopic (exact) mass is 262 g/mol. The first-order valence-electron chi connectivity index (χ1n) is 5.30. The smallest absolute Gasteiger partial charge is 0.262 e. The lowest BCUT2D eigenvalue weighted by atomic mass is 10.2. The molecule has 0 radical (unpaired) electrons. The Morgan fingerprint density at radius 2 is 2.28 bits per heavy atom. The van der Waals surface area contributed by atoms with Crippen molar-refractivity contribution in [3.8, 4) is 0 Å². The second-order valence-electron chi connectivity index (χ2n) is 3.53. The van der Waals surface area contributed by atoms with Gasteiger partial charge >= 0.3 is 0 Å². The van der Waals surface area contributed by atoms with Gasteiger partial charge in [-0.05, 0) is 23.8 Å². The molecule has 0 spiro atoms. The van der Waals surface area contributed by atoms with Gasteiger partial charge in [-0.25, -0.2) is 9.37 Å². The lowest BCUT2D eigenvalue weighted by Gasteiger charge is -1.92. The molecular formula is C13H11FN2OS. The molecule has 0 atom stereocenters. The molecule has 0 aliphatic carbocycles. The molecular weight excluding hydrogens is 251 g/mol. The maximum Gasteiger partial charge on any atom is 0.262 e. The number of thiazole rings is 1. The molecule has 0 unspecified atom stereocenters. The molecule has 1 amide bonds. The van der Waals surface area contributed by atoms with Crippen LogP contribution in [0, 0.1) is 5.82 Å². The molecule has 18 heavy (non-hydrogen) atoms. The number of hydrogen-bond donors (Lipinski definition) is 1. The molecule has 0 bridgehead atoms. The number of benzene rings is 1. The fourth-order valence-corrected chi connectivity index (χ4v) is 2.14. The van der Waals surface area contributed by atoms with Gasteiger partial charge in [-0.3, -0.25) is 4.79 Å². The Labute approximate surface area is 108 Å². The highest BCUT2D eigenvalue weighted by Gasteiger charge is 2.06. The normalized spacial score (nSPS) is 10.8. The van der Waals surface area contributed by atoms with E-state index in [1.54, 1.807) is 31.3 Å². The first-order chi connectivity index (χ1) is 8.69. The average Bonchev–Trinajstić information content (AvgIpc) is 2.84. The minimum atomic E-state index is -0.276. The molecule has 1 aromatic heterocycles. The molecule has 0 aliphatic rings. The lowest BCUT2D eigenvalue weighted by molar-refractivity contribution is 0.0967. The molecule has 92 valence electrons. The Morgan fingerprint density at radius 1 is 1.44 bits per heavy atom. The quantitative estimate of drug-likeness (QED) is 0.924. The minimum absolute atomic E-state index is 0.155. The van der Waals surface area contributed by atoms with Gasteiger partial charge in [0, 0.05) is 7.05 Å². The first kappa shape index (κ1) is 12.4. The first-order valence-corrected chi connectivity index (χ1v) is 6.12. The Bertz CT molecular complexity index is 592. The van der Waals surface area contributed by atoms with Crippen LogP contribution < -0.4 is 5.32 Å². The van der Waals surface area contributed by atoms with E-state index in [2.05, 4.69) is 10.3 Å². The third-order valence-corrected chi connectivity index (χ3v) is 3.20. The summed E-state index contributed by atoms with van der Waals surface area (Å²) in [7, 11) is 1.57. The SMILES string of the molecule is CNC(=O)c1cnc(/C=C/c2cccc(F)c2)s1. The lowest BCUT2D eigenvalue weighted by Crippen LogP contribution is -2.16. The van der Waals surface area contributed by atoms with Crippen LogP contribution in [0.3, 0.4) is 0 Å². The van der Waals surface area contributed by atoms with Crippen molar-refractivity contribution in [2.75, 3.05) is 7.05 Å². The minimum Gasteiger partial charge on any atom is -0.354 e. The maximum atomic E-state index is 12.9. The van der Waals surface area contributed by atoms with E-state index in [0.29, 0.717) is 9.88 Å². The van der Waals surface area contributed by atoms with E-state index in [1.807, 2.05) is 0 Å². The van der Waals surface area contributed by atoms with Crippen LogP contribution in [0.2, 0.25) is 0 Å². The molecule has 1 aromatic carbocycles. The highest BCUT2D eigenvalue weighted by molar-refractivity contribution is 7.14. The molecule has 3 nitrogen and oxygen atoms in total. The third-order valence-electron chi connectivity index (χ3n) is 2.24. The molecule has 0 saturated heterocycles. The zero-order chi connectivity index (χ0) is 13.0. The summed E-state index contributed by atoms with van der Waals surface area (Å²) >= 11 is 1.29. The Hall–Kier alpha value is -2.01. The number of amides is 1. The van der Waals surface area contributed by atoms with Gasteiger partial charge in [-0.15, -0.1) is 11.3 Å². The molecule has 2 aromatic rings. The highest BCUT2D eigenvalue weighted by atomic mass is 32.1. The molecule has 0 fully saturated rings. The molecule has 1 heterocycles. The summed E-state index contributed by atoms with van der Waals surface area (Å²) in [6.07, 6.45) is 5.04. The Morgan fingerprint density at radius 3 is 3.00 bits per heavy atom. The third kappa shape index (κ3) is 3.01. The van der Waals surface area contributed by atoms with Crippen LogP contribution in [-0.2, 0) is 0 Å². The van der Waals surface area contributed by atoms with Gasteiger partial charge in [-0.1, -0.05) is 18.2 Å². The van der Waals surface area contributed by atoms with E-state index in [4.69, 9.17) is 0 Å². The van der Waals surface area contributed by atoms with Crippen molar-refractivity contribution in [1.29, 1.82) is 0 Å². The second kappa shape index (κ2) is 5.55. The largest absolute Gasteiger partial charge is 0.354 e. The number of aromatic nitrogens is 1. The predicted octanol–water partition coefficient (Wildman–Crippen LogP) is 2.81. The molecule has 1 N–H and O–H groups in total. The number of hydrogen-bond acceptors (Lipinski definition) is 3.